The zero-order chi connectivity index (χ0) is 21.1. The second kappa shape index (κ2) is 9.06. The molecule has 1 saturated heterocycles. The number of carbonyl (C=O) groups is 1. The normalized spacial score (nSPS) is 16.2. The maximum atomic E-state index is 12.5. The van der Waals surface area contributed by atoms with Crippen LogP contribution in [0, 0.1) is 20.8 Å². The van der Waals surface area contributed by atoms with E-state index in [2.05, 4.69) is 21.6 Å². The monoisotopic (exact) mass is 426 g/mol. The largest absolute Gasteiger partial charge is 0.469 e. The van der Waals surface area contributed by atoms with E-state index in [9.17, 15) is 4.79 Å². The summed E-state index contributed by atoms with van der Waals surface area (Å²) in [6, 6.07) is 7.91. The van der Waals surface area contributed by atoms with Crippen molar-refractivity contribution < 1.29 is 13.9 Å². The van der Waals surface area contributed by atoms with E-state index >= 15 is 0 Å². The number of hydrogen-bond donors (Lipinski definition) is 1. The van der Waals surface area contributed by atoms with Crippen LogP contribution in [0.3, 0.4) is 0 Å². The van der Waals surface area contributed by atoms with E-state index in [0.29, 0.717) is 11.7 Å². The van der Waals surface area contributed by atoms with Crippen LogP contribution in [-0.2, 0) is 16.1 Å². The highest BCUT2D eigenvalue weighted by Gasteiger charge is 2.23. The number of anilines is 1. The predicted molar refractivity (Wildman–Crippen MR) is 117 cm³/mol. The third-order valence-electron chi connectivity index (χ3n) is 5.06. The number of nitrogens with one attached hydrogen (secondary N) is 1. The maximum absolute atomic E-state index is 12.5. The zero-order valence-corrected chi connectivity index (χ0v) is 18.3. The summed E-state index contributed by atoms with van der Waals surface area (Å²) in [7, 11) is 0. The molecule has 1 aromatic carbocycles. The van der Waals surface area contributed by atoms with Gasteiger partial charge in [-0.2, -0.15) is 0 Å². The Morgan fingerprint density at radius 2 is 2.03 bits per heavy atom. The molecule has 8 heteroatoms. The molecule has 1 amide bonds. The number of aromatic nitrogens is 3. The third kappa shape index (κ3) is 4.76. The van der Waals surface area contributed by atoms with Crippen molar-refractivity contribution in [1.29, 1.82) is 0 Å². The van der Waals surface area contributed by atoms with Gasteiger partial charge in [0.2, 0.25) is 5.91 Å². The van der Waals surface area contributed by atoms with Gasteiger partial charge < -0.3 is 14.5 Å². The third-order valence-corrected chi connectivity index (χ3v) is 6.03. The number of thioether (sulfide) groups is 1. The average Bonchev–Trinajstić information content (AvgIpc) is 3.41. The minimum Gasteiger partial charge on any atom is -0.469 e. The fraction of sp³-hybridized carbons (Fsp3) is 0.409. The quantitative estimate of drug-likeness (QED) is 0.565. The molecular formula is C22H26N4O3S. The molecular weight excluding hydrogens is 400 g/mol. The first-order valence-electron chi connectivity index (χ1n) is 10.1. The molecule has 2 aromatic heterocycles. The van der Waals surface area contributed by atoms with Gasteiger partial charge in [-0.1, -0.05) is 17.8 Å². The summed E-state index contributed by atoms with van der Waals surface area (Å²) in [4.78, 5) is 12.5. The van der Waals surface area contributed by atoms with E-state index in [1.165, 1.54) is 11.8 Å². The first-order valence-corrected chi connectivity index (χ1v) is 11.1. The van der Waals surface area contributed by atoms with E-state index in [4.69, 9.17) is 9.15 Å². The number of furan rings is 1. The van der Waals surface area contributed by atoms with Crippen molar-refractivity contribution in [3.63, 3.8) is 0 Å². The first kappa shape index (κ1) is 20.7. The zero-order valence-electron chi connectivity index (χ0n) is 17.5. The van der Waals surface area contributed by atoms with Crippen molar-refractivity contribution in [3.8, 4) is 11.4 Å². The summed E-state index contributed by atoms with van der Waals surface area (Å²) in [5.41, 5.74) is 3.96. The van der Waals surface area contributed by atoms with Crippen LogP contribution in [0.25, 0.3) is 11.4 Å². The Labute approximate surface area is 180 Å². The number of rotatable bonds is 7. The molecule has 1 N–H and O–H groups in total. The topological polar surface area (TPSA) is 82.2 Å². The van der Waals surface area contributed by atoms with Crippen molar-refractivity contribution in [2.45, 2.75) is 51.4 Å². The molecule has 30 heavy (non-hydrogen) atoms. The lowest BCUT2D eigenvalue weighted by molar-refractivity contribution is -0.113. The predicted octanol–water partition coefficient (Wildman–Crippen LogP) is 4.37. The highest BCUT2D eigenvalue weighted by molar-refractivity contribution is 7.99. The van der Waals surface area contributed by atoms with Gasteiger partial charge in [-0.05, 0) is 62.9 Å². The summed E-state index contributed by atoms with van der Waals surface area (Å²) in [5.74, 6) is 1.72. The number of carbonyl (C=O) groups excluding carboxylic acids is 1. The lowest BCUT2D eigenvalue weighted by Crippen LogP contribution is -2.18. The summed E-state index contributed by atoms with van der Waals surface area (Å²) in [5, 5.41) is 12.4. The van der Waals surface area contributed by atoms with Crippen molar-refractivity contribution in [3.05, 3.63) is 47.4 Å². The Morgan fingerprint density at radius 3 is 2.70 bits per heavy atom. The van der Waals surface area contributed by atoms with Gasteiger partial charge in [0.15, 0.2) is 11.0 Å². The fourth-order valence-electron chi connectivity index (χ4n) is 3.74. The van der Waals surface area contributed by atoms with Crippen LogP contribution in [0.15, 0.2) is 40.1 Å². The fourth-order valence-corrected chi connectivity index (χ4v) is 4.49. The van der Waals surface area contributed by atoms with E-state index in [1.54, 1.807) is 6.26 Å². The number of aryl methyl sites for hydroxylation is 3. The molecule has 3 aromatic rings. The molecule has 0 bridgehead atoms. The molecule has 0 radical (unpaired) electrons. The molecule has 3 heterocycles. The summed E-state index contributed by atoms with van der Waals surface area (Å²) in [6.45, 7) is 7.39. The molecule has 7 nitrogen and oxygen atoms in total. The average molecular weight is 427 g/mol. The molecule has 158 valence electrons. The van der Waals surface area contributed by atoms with Crippen LogP contribution in [0.2, 0.25) is 0 Å². The molecule has 4 rings (SSSR count). The highest BCUT2D eigenvalue weighted by Crippen LogP contribution is 2.29. The van der Waals surface area contributed by atoms with E-state index < -0.39 is 0 Å². The van der Waals surface area contributed by atoms with Gasteiger partial charge >= 0.3 is 0 Å². The van der Waals surface area contributed by atoms with Gasteiger partial charge in [-0.15, -0.1) is 10.2 Å². The van der Waals surface area contributed by atoms with Crippen LogP contribution in [-0.4, -0.2) is 39.1 Å². The molecule has 0 saturated carbocycles. The van der Waals surface area contributed by atoms with Gasteiger partial charge in [0.25, 0.3) is 0 Å². The van der Waals surface area contributed by atoms with E-state index in [0.717, 1.165) is 53.4 Å². The van der Waals surface area contributed by atoms with Crippen LogP contribution < -0.4 is 5.32 Å². The molecule has 0 spiro atoms. The van der Waals surface area contributed by atoms with Crippen LogP contribution in [0.5, 0.6) is 0 Å². The minimum atomic E-state index is -0.0716. The number of amides is 1. The highest BCUT2D eigenvalue weighted by atomic mass is 32.2. The van der Waals surface area contributed by atoms with Crippen molar-refractivity contribution >= 4 is 23.4 Å². The Morgan fingerprint density at radius 1 is 1.23 bits per heavy atom. The van der Waals surface area contributed by atoms with Gasteiger partial charge in [0.05, 0.1) is 30.2 Å². The van der Waals surface area contributed by atoms with Crippen LogP contribution >= 0.6 is 11.8 Å². The van der Waals surface area contributed by atoms with Crippen molar-refractivity contribution in [2.75, 3.05) is 17.7 Å². The first-order chi connectivity index (χ1) is 14.5. The molecule has 1 aliphatic rings. The molecule has 0 aliphatic carbocycles. The maximum Gasteiger partial charge on any atom is 0.234 e. The summed E-state index contributed by atoms with van der Waals surface area (Å²) < 4.78 is 13.3. The lowest BCUT2D eigenvalue weighted by Gasteiger charge is -2.14. The van der Waals surface area contributed by atoms with Crippen molar-refractivity contribution in [1.82, 2.24) is 14.8 Å². The van der Waals surface area contributed by atoms with Gasteiger partial charge in [0, 0.05) is 12.3 Å². The Balaban J connectivity index is 1.49. The standard InChI is InChI=1S/C22H26N4O3S/c1-14-9-15(2)11-17(10-14)23-20(27)13-30-22-25-24-21(19-6-8-28-16(19)3)26(22)12-18-5-4-7-29-18/h6,8-11,18H,4-5,7,12-13H2,1-3H3,(H,23,27)/t18-/m1/s1. The number of nitrogens with zero attached hydrogens (tertiary/aromatic N) is 3. The minimum absolute atomic E-state index is 0.0716. The molecule has 1 aliphatic heterocycles. The number of hydrogen-bond acceptors (Lipinski definition) is 6. The summed E-state index contributed by atoms with van der Waals surface area (Å²) in [6.07, 6.45) is 3.86. The van der Waals surface area contributed by atoms with Gasteiger partial charge in [-0.25, -0.2) is 0 Å². The van der Waals surface area contributed by atoms with Gasteiger partial charge in [-0.3, -0.25) is 9.36 Å². The van der Waals surface area contributed by atoms with Crippen molar-refractivity contribution in [2.24, 2.45) is 0 Å². The van der Waals surface area contributed by atoms with Crippen LogP contribution in [0.1, 0.15) is 29.7 Å². The smallest absolute Gasteiger partial charge is 0.234 e. The number of ether oxygens (including phenoxy) is 1. The Hall–Kier alpha value is -2.58. The van der Waals surface area contributed by atoms with Crippen LogP contribution in [0.4, 0.5) is 5.69 Å². The second-order valence-corrected chi connectivity index (χ2v) is 8.60. The lowest BCUT2D eigenvalue weighted by atomic mass is 10.1. The Kier molecular flexibility index (Phi) is 6.24. The van der Waals surface area contributed by atoms with E-state index in [1.807, 2.05) is 43.5 Å². The molecule has 1 fully saturated rings. The SMILES string of the molecule is Cc1cc(C)cc(NC(=O)CSc2nnc(-c3ccoc3C)n2C[C@H]2CCCO2)c1. The van der Waals surface area contributed by atoms with Gasteiger partial charge in [0.1, 0.15) is 5.76 Å². The Bertz CT molecular complexity index is 1020. The van der Waals surface area contributed by atoms with E-state index in [-0.39, 0.29) is 17.8 Å². The molecule has 1 atom stereocenters. The summed E-state index contributed by atoms with van der Waals surface area (Å²) >= 11 is 1.38. The number of benzene rings is 1. The molecule has 0 unspecified atom stereocenters. The second-order valence-electron chi connectivity index (χ2n) is 7.66.